The van der Waals surface area contributed by atoms with Crippen LogP contribution in [0.4, 0.5) is 11.4 Å². The summed E-state index contributed by atoms with van der Waals surface area (Å²) in [5.41, 5.74) is 2.27. The van der Waals surface area contributed by atoms with Gasteiger partial charge in [-0.3, -0.25) is 14.6 Å². The molecule has 7 heteroatoms. The number of hydrogen-bond acceptors (Lipinski definition) is 5. The Labute approximate surface area is 187 Å². The fourth-order valence-corrected chi connectivity index (χ4v) is 3.57. The minimum absolute atomic E-state index is 0.270. The van der Waals surface area contributed by atoms with E-state index in [9.17, 15) is 9.59 Å². The molecule has 2 heterocycles. The van der Waals surface area contributed by atoms with Gasteiger partial charge in [0.15, 0.2) is 0 Å². The molecule has 7 nitrogen and oxygen atoms in total. The maximum Gasteiger partial charge on any atom is 0.251 e. The number of hydrogen-bond donors (Lipinski definition) is 2. The van der Waals surface area contributed by atoms with Gasteiger partial charge in [0.05, 0.1) is 6.20 Å². The molecule has 0 aliphatic carbocycles. The lowest BCUT2D eigenvalue weighted by Gasteiger charge is -2.19. The summed E-state index contributed by atoms with van der Waals surface area (Å²) >= 11 is 0. The first-order chi connectivity index (χ1) is 15.6. The normalized spacial score (nSPS) is 14.0. The molecular formula is C25H26N4O3. The van der Waals surface area contributed by atoms with Gasteiger partial charge in [-0.1, -0.05) is 6.07 Å². The summed E-state index contributed by atoms with van der Waals surface area (Å²) in [7, 11) is 0. The fourth-order valence-electron chi connectivity index (χ4n) is 3.57. The van der Waals surface area contributed by atoms with Gasteiger partial charge in [-0.2, -0.15) is 0 Å². The zero-order chi connectivity index (χ0) is 22.3. The average molecular weight is 431 g/mol. The molecule has 1 saturated heterocycles. The molecule has 0 radical (unpaired) electrons. The first-order valence-corrected chi connectivity index (χ1v) is 10.7. The first kappa shape index (κ1) is 21.4. The molecule has 164 valence electrons. The Bertz CT molecular complexity index is 1060. The second-order valence-corrected chi connectivity index (χ2v) is 7.74. The highest BCUT2D eigenvalue weighted by molar-refractivity contribution is 6.01. The smallest absolute Gasteiger partial charge is 0.251 e. The van der Waals surface area contributed by atoms with Gasteiger partial charge < -0.3 is 20.3 Å². The molecular weight excluding hydrogens is 404 g/mol. The van der Waals surface area contributed by atoms with E-state index in [2.05, 4.69) is 20.5 Å². The van der Waals surface area contributed by atoms with Gasteiger partial charge in [-0.05, 0) is 74.4 Å². The van der Waals surface area contributed by atoms with E-state index < -0.39 is 6.04 Å². The molecule has 4 rings (SSSR count). The highest BCUT2D eigenvalue weighted by atomic mass is 16.5. The number of nitrogens with zero attached hydrogens (tertiary/aromatic N) is 2. The van der Waals surface area contributed by atoms with Crippen LogP contribution in [0, 0.1) is 0 Å². The molecule has 1 aliphatic heterocycles. The summed E-state index contributed by atoms with van der Waals surface area (Å²) < 4.78 is 5.68. The number of pyridine rings is 1. The third-order valence-corrected chi connectivity index (χ3v) is 5.31. The molecule has 1 aromatic heterocycles. The van der Waals surface area contributed by atoms with Crippen LogP contribution in [0.2, 0.25) is 0 Å². The number of ether oxygens (including phenoxy) is 1. The Morgan fingerprint density at radius 2 is 1.78 bits per heavy atom. The lowest BCUT2D eigenvalue weighted by molar-refractivity contribution is -0.117. The number of amides is 2. The van der Waals surface area contributed by atoms with Gasteiger partial charge in [0, 0.05) is 36.2 Å². The van der Waals surface area contributed by atoms with E-state index in [1.807, 2.05) is 24.3 Å². The number of rotatable bonds is 7. The van der Waals surface area contributed by atoms with Crippen LogP contribution in [0.25, 0.3) is 0 Å². The van der Waals surface area contributed by atoms with E-state index in [0.29, 0.717) is 17.1 Å². The summed E-state index contributed by atoms with van der Waals surface area (Å²) in [6.07, 6.45) is 5.66. The highest BCUT2D eigenvalue weighted by Crippen LogP contribution is 2.23. The Hall–Kier alpha value is -3.87. The van der Waals surface area contributed by atoms with E-state index >= 15 is 0 Å². The van der Waals surface area contributed by atoms with Crippen molar-refractivity contribution in [2.24, 2.45) is 0 Å². The molecule has 3 aromatic rings. The SMILES string of the molecule is CC(NC(=O)c1ccc(Oc2cccnc2)cc1)C(=O)Nc1cccc(N2CCCC2)c1. The van der Waals surface area contributed by atoms with Crippen molar-refractivity contribution in [3.05, 3.63) is 78.6 Å². The van der Waals surface area contributed by atoms with Crippen LogP contribution in [-0.2, 0) is 4.79 Å². The molecule has 1 fully saturated rings. The van der Waals surface area contributed by atoms with Crippen LogP contribution in [0.5, 0.6) is 11.5 Å². The molecule has 1 aliphatic rings. The molecule has 0 saturated carbocycles. The molecule has 32 heavy (non-hydrogen) atoms. The Kier molecular flexibility index (Phi) is 6.65. The first-order valence-electron chi connectivity index (χ1n) is 10.7. The van der Waals surface area contributed by atoms with Crippen molar-refractivity contribution in [1.82, 2.24) is 10.3 Å². The quantitative estimate of drug-likeness (QED) is 0.586. The minimum atomic E-state index is -0.690. The number of aromatic nitrogens is 1. The van der Waals surface area contributed by atoms with Crippen molar-refractivity contribution in [2.45, 2.75) is 25.8 Å². The van der Waals surface area contributed by atoms with Gasteiger partial charge in [0.25, 0.3) is 5.91 Å². The van der Waals surface area contributed by atoms with Crippen molar-refractivity contribution in [3.63, 3.8) is 0 Å². The standard InChI is InChI=1S/C25H26N4O3/c1-18(24(30)28-20-6-4-7-21(16-20)29-14-2-3-15-29)27-25(31)19-9-11-22(12-10-19)32-23-8-5-13-26-17-23/h4-13,16-18H,2-3,14-15H2,1H3,(H,27,31)(H,28,30). The van der Waals surface area contributed by atoms with E-state index in [1.165, 1.54) is 12.8 Å². The third kappa shape index (κ3) is 5.43. The molecule has 1 atom stereocenters. The zero-order valence-electron chi connectivity index (χ0n) is 18.0. The number of carbonyl (C=O) groups is 2. The molecule has 0 spiro atoms. The second-order valence-electron chi connectivity index (χ2n) is 7.74. The molecule has 0 bridgehead atoms. The van der Waals surface area contributed by atoms with Gasteiger partial charge >= 0.3 is 0 Å². The molecule has 2 amide bonds. The van der Waals surface area contributed by atoms with Gasteiger partial charge in [0.2, 0.25) is 5.91 Å². The maximum atomic E-state index is 12.6. The molecule has 2 aromatic carbocycles. The summed E-state index contributed by atoms with van der Waals surface area (Å²) in [5.74, 6) is 0.613. The van der Waals surface area contributed by atoms with E-state index in [0.717, 1.165) is 24.5 Å². The van der Waals surface area contributed by atoms with Gasteiger partial charge in [0.1, 0.15) is 17.5 Å². The third-order valence-electron chi connectivity index (χ3n) is 5.31. The van der Waals surface area contributed by atoms with Gasteiger partial charge in [-0.15, -0.1) is 0 Å². The van der Waals surface area contributed by atoms with Crippen molar-refractivity contribution in [2.75, 3.05) is 23.3 Å². The molecule has 2 N–H and O–H groups in total. The van der Waals surface area contributed by atoms with Crippen LogP contribution < -0.4 is 20.3 Å². The van der Waals surface area contributed by atoms with E-state index in [1.54, 1.807) is 55.7 Å². The van der Waals surface area contributed by atoms with E-state index in [-0.39, 0.29) is 11.8 Å². The predicted molar refractivity (Wildman–Crippen MR) is 124 cm³/mol. The minimum Gasteiger partial charge on any atom is -0.456 e. The Balaban J connectivity index is 1.32. The van der Waals surface area contributed by atoms with Crippen molar-refractivity contribution >= 4 is 23.2 Å². The maximum absolute atomic E-state index is 12.6. The summed E-state index contributed by atoms with van der Waals surface area (Å²) in [6, 6.07) is 17.4. The van der Waals surface area contributed by atoms with Crippen LogP contribution >= 0.6 is 0 Å². The lowest BCUT2D eigenvalue weighted by Crippen LogP contribution is -2.41. The predicted octanol–water partition coefficient (Wildman–Crippen LogP) is 4.23. The fraction of sp³-hybridized carbons (Fsp3) is 0.240. The second kappa shape index (κ2) is 9.96. The Morgan fingerprint density at radius 3 is 2.50 bits per heavy atom. The average Bonchev–Trinajstić information content (AvgIpc) is 3.35. The number of carbonyl (C=O) groups excluding carboxylic acids is 2. The number of nitrogens with one attached hydrogen (secondary N) is 2. The monoisotopic (exact) mass is 430 g/mol. The highest BCUT2D eigenvalue weighted by Gasteiger charge is 2.18. The topological polar surface area (TPSA) is 83.6 Å². The van der Waals surface area contributed by atoms with Crippen LogP contribution in [0.1, 0.15) is 30.1 Å². The van der Waals surface area contributed by atoms with E-state index in [4.69, 9.17) is 4.74 Å². The number of benzene rings is 2. The van der Waals surface area contributed by atoms with Crippen LogP contribution in [0.3, 0.4) is 0 Å². The lowest BCUT2D eigenvalue weighted by atomic mass is 10.2. The van der Waals surface area contributed by atoms with Gasteiger partial charge in [-0.25, -0.2) is 0 Å². The Morgan fingerprint density at radius 1 is 1.00 bits per heavy atom. The van der Waals surface area contributed by atoms with Crippen molar-refractivity contribution in [3.8, 4) is 11.5 Å². The summed E-state index contributed by atoms with van der Waals surface area (Å²) in [5, 5.41) is 5.64. The van der Waals surface area contributed by atoms with Crippen molar-refractivity contribution < 1.29 is 14.3 Å². The zero-order valence-corrected chi connectivity index (χ0v) is 18.0. The summed E-state index contributed by atoms with van der Waals surface area (Å²) in [4.78, 5) is 31.5. The number of anilines is 2. The largest absolute Gasteiger partial charge is 0.456 e. The summed E-state index contributed by atoms with van der Waals surface area (Å²) in [6.45, 7) is 3.74. The molecule has 1 unspecified atom stereocenters. The van der Waals surface area contributed by atoms with Crippen LogP contribution in [-0.4, -0.2) is 35.9 Å². The van der Waals surface area contributed by atoms with Crippen LogP contribution in [0.15, 0.2) is 73.1 Å². The van der Waals surface area contributed by atoms with Crippen molar-refractivity contribution in [1.29, 1.82) is 0 Å².